The van der Waals surface area contributed by atoms with E-state index >= 15 is 0 Å². The molecule has 0 spiro atoms. The molecule has 1 nitrogen and oxygen atoms in total. The Balaban J connectivity index is 2.22. The van der Waals surface area contributed by atoms with Gasteiger partial charge >= 0.3 is 0 Å². The molecule has 5 heteroatoms. The summed E-state index contributed by atoms with van der Waals surface area (Å²) in [5.41, 5.74) is 0.286. The molecule has 100 valence electrons. The van der Waals surface area contributed by atoms with E-state index in [1.807, 2.05) is 0 Å². The molecule has 2 aromatic rings. The fraction of sp³-hybridized carbons (Fsp3) is 0.143. The summed E-state index contributed by atoms with van der Waals surface area (Å²) < 4.78 is 39.7. The van der Waals surface area contributed by atoms with Crippen LogP contribution in [0.4, 0.5) is 13.2 Å². The fourth-order valence-electron chi connectivity index (χ4n) is 1.77. The molecule has 0 amide bonds. The number of halogens is 4. The first-order valence-electron chi connectivity index (χ1n) is 5.54. The summed E-state index contributed by atoms with van der Waals surface area (Å²) in [6.45, 7) is 0. The summed E-state index contributed by atoms with van der Waals surface area (Å²) in [6, 6.07) is 6.85. The number of benzene rings is 2. The Morgan fingerprint density at radius 2 is 1.74 bits per heavy atom. The summed E-state index contributed by atoms with van der Waals surface area (Å²) in [4.78, 5) is 0. The zero-order valence-electron chi connectivity index (χ0n) is 9.71. The van der Waals surface area contributed by atoms with Gasteiger partial charge in [-0.1, -0.05) is 17.7 Å². The van der Waals surface area contributed by atoms with Gasteiger partial charge in [0.25, 0.3) is 0 Å². The topological polar surface area (TPSA) is 20.2 Å². The van der Waals surface area contributed by atoms with E-state index in [0.29, 0.717) is 5.56 Å². The number of hydrogen-bond donors (Lipinski definition) is 1. The largest absolute Gasteiger partial charge is 0.388 e. The van der Waals surface area contributed by atoms with Gasteiger partial charge in [-0.25, -0.2) is 13.2 Å². The molecule has 0 aliphatic rings. The maximum Gasteiger partial charge on any atom is 0.142 e. The Hall–Kier alpha value is -1.52. The van der Waals surface area contributed by atoms with Gasteiger partial charge in [-0.2, -0.15) is 0 Å². The molecule has 1 N–H and O–H groups in total. The van der Waals surface area contributed by atoms with Crippen LogP contribution in [0.5, 0.6) is 0 Å². The number of rotatable bonds is 3. The van der Waals surface area contributed by atoms with Crippen molar-refractivity contribution in [3.05, 3.63) is 70.0 Å². The second-order valence-corrected chi connectivity index (χ2v) is 4.54. The highest BCUT2D eigenvalue weighted by Crippen LogP contribution is 2.24. The fourth-order valence-corrected chi connectivity index (χ4v) is 1.89. The molecule has 0 bridgehead atoms. The molecule has 0 aromatic heterocycles. The minimum absolute atomic E-state index is 0.0322. The van der Waals surface area contributed by atoms with Crippen molar-refractivity contribution in [3.63, 3.8) is 0 Å². The first-order chi connectivity index (χ1) is 8.97. The lowest BCUT2D eigenvalue weighted by Gasteiger charge is -2.12. The van der Waals surface area contributed by atoms with Crippen LogP contribution in [0.3, 0.4) is 0 Å². The molecule has 0 radical (unpaired) electrons. The molecule has 19 heavy (non-hydrogen) atoms. The van der Waals surface area contributed by atoms with Crippen molar-refractivity contribution in [1.29, 1.82) is 0 Å². The summed E-state index contributed by atoms with van der Waals surface area (Å²) in [6.07, 6.45) is -1.29. The maximum atomic E-state index is 13.4. The molecule has 2 rings (SSSR count). The monoisotopic (exact) mass is 286 g/mol. The minimum Gasteiger partial charge on any atom is -0.388 e. The number of hydrogen-bond acceptors (Lipinski definition) is 1. The van der Waals surface area contributed by atoms with Crippen LogP contribution in [0, 0.1) is 17.5 Å². The molecular formula is C14H10ClF3O. The summed E-state index contributed by atoms with van der Waals surface area (Å²) in [5.74, 6) is -1.97. The average molecular weight is 287 g/mol. The van der Waals surface area contributed by atoms with Crippen molar-refractivity contribution in [2.24, 2.45) is 0 Å². The van der Waals surface area contributed by atoms with E-state index in [2.05, 4.69) is 0 Å². The number of aliphatic hydroxyl groups excluding tert-OH is 1. The highest BCUT2D eigenvalue weighted by Gasteiger charge is 2.15. The molecule has 0 fully saturated rings. The Bertz CT molecular complexity index is 601. The summed E-state index contributed by atoms with van der Waals surface area (Å²) in [7, 11) is 0. The first-order valence-corrected chi connectivity index (χ1v) is 5.92. The van der Waals surface area contributed by atoms with E-state index in [0.717, 1.165) is 24.3 Å². The smallest absolute Gasteiger partial charge is 0.142 e. The summed E-state index contributed by atoms with van der Waals surface area (Å²) >= 11 is 5.53. The van der Waals surface area contributed by atoms with Crippen molar-refractivity contribution in [2.45, 2.75) is 12.5 Å². The van der Waals surface area contributed by atoms with Crippen LogP contribution < -0.4 is 0 Å². The third kappa shape index (κ3) is 3.28. The van der Waals surface area contributed by atoms with Gasteiger partial charge < -0.3 is 5.11 Å². The Morgan fingerprint density at radius 3 is 2.42 bits per heavy atom. The highest BCUT2D eigenvalue weighted by molar-refractivity contribution is 6.30. The normalized spacial score (nSPS) is 12.5. The van der Waals surface area contributed by atoms with Gasteiger partial charge in [-0.15, -0.1) is 0 Å². The minimum atomic E-state index is -1.25. The second-order valence-electron chi connectivity index (χ2n) is 4.13. The zero-order valence-corrected chi connectivity index (χ0v) is 10.5. The van der Waals surface area contributed by atoms with E-state index in [1.54, 1.807) is 0 Å². The van der Waals surface area contributed by atoms with Gasteiger partial charge in [0, 0.05) is 12.0 Å². The van der Waals surface area contributed by atoms with Gasteiger partial charge in [0.05, 0.1) is 11.1 Å². The molecule has 1 atom stereocenters. The summed E-state index contributed by atoms with van der Waals surface area (Å²) in [5, 5.41) is 9.85. The average Bonchev–Trinajstić information content (AvgIpc) is 2.36. The van der Waals surface area contributed by atoms with Crippen molar-refractivity contribution in [3.8, 4) is 0 Å². The Morgan fingerprint density at radius 1 is 1.00 bits per heavy atom. The molecule has 0 aliphatic carbocycles. The molecule has 0 saturated carbocycles. The van der Waals surface area contributed by atoms with Gasteiger partial charge in [-0.3, -0.25) is 0 Å². The molecular weight excluding hydrogens is 277 g/mol. The van der Waals surface area contributed by atoms with E-state index in [9.17, 15) is 18.3 Å². The van der Waals surface area contributed by atoms with E-state index in [-0.39, 0.29) is 17.0 Å². The van der Waals surface area contributed by atoms with E-state index < -0.39 is 23.6 Å². The quantitative estimate of drug-likeness (QED) is 0.903. The van der Waals surface area contributed by atoms with Crippen LogP contribution in [0.1, 0.15) is 17.2 Å². The van der Waals surface area contributed by atoms with E-state index in [1.165, 1.54) is 12.1 Å². The van der Waals surface area contributed by atoms with Crippen LogP contribution in [-0.2, 0) is 6.42 Å². The lowest BCUT2D eigenvalue weighted by atomic mass is 10.0. The number of aliphatic hydroxyl groups is 1. The molecule has 2 aromatic carbocycles. The van der Waals surface area contributed by atoms with Crippen molar-refractivity contribution in [1.82, 2.24) is 0 Å². The van der Waals surface area contributed by atoms with Crippen LogP contribution in [0.25, 0.3) is 0 Å². The predicted octanol–water partition coefficient (Wildman–Crippen LogP) is 4.03. The second kappa shape index (κ2) is 5.63. The SMILES string of the molecule is OC(Cc1ccc(Cl)c(F)c1)c1cc(F)ccc1F. The lowest BCUT2D eigenvalue weighted by molar-refractivity contribution is 0.173. The molecule has 1 unspecified atom stereocenters. The van der Waals surface area contributed by atoms with Gasteiger partial charge in [0.15, 0.2) is 0 Å². The van der Waals surface area contributed by atoms with Crippen molar-refractivity contribution < 1.29 is 18.3 Å². The van der Waals surface area contributed by atoms with Crippen LogP contribution >= 0.6 is 11.6 Å². The standard InChI is InChI=1S/C14H10ClF3O/c15-11-3-1-8(5-13(11)18)6-14(19)10-7-9(16)2-4-12(10)17/h1-5,7,14,19H,6H2. The van der Waals surface area contributed by atoms with Crippen molar-refractivity contribution >= 4 is 11.6 Å². The predicted molar refractivity (Wildman–Crippen MR) is 66.4 cm³/mol. The third-order valence-electron chi connectivity index (χ3n) is 2.73. The highest BCUT2D eigenvalue weighted by atomic mass is 35.5. The van der Waals surface area contributed by atoms with E-state index in [4.69, 9.17) is 11.6 Å². The molecule has 0 saturated heterocycles. The van der Waals surface area contributed by atoms with Crippen LogP contribution in [0.2, 0.25) is 5.02 Å². The van der Waals surface area contributed by atoms with Gasteiger partial charge in [0.1, 0.15) is 17.5 Å². The van der Waals surface area contributed by atoms with Crippen molar-refractivity contribution in [2.75, 3.05) is 0 Å². The van der Waals surface area contributed by atoms with Gasteiger partial charge in [-0.05, 0) is 35.9 Å². The van der Waals surface area contributed by atoms with Crippen LogP contribution in [-0.4, -0.2) is 5.11 Å². The molecule has 0 aliphatic heterocycles. The molecule has 0 heterocycles. The zero-order chi connectivity index (χ0) is 14.0. The third-order valence-corrected chi connectivity index (χ3v) is 3.04. The van der Waals surface area contributed by atoms with Gasteiger partial charge in [0.2, 0.25) is 0 Å². The van der Waals surface area contributed by atoms with Crippen LogP contribution in [0.15, 0.2) is 36.4 Å². The lowest BCUT2D eigenvalue weighted by Crippen LogP contribution is -2.05. The Kier molecular flexibility index (Phi) is 4.12. The maximum absolute atomic E-state index is 13.4. The Labute approximate surface area is 113 Å². The first kappa shape index (κ1) is 13.9.